The van der Waals surface area contributed by atoms with E-state index in [1.165, 1.54) is 25.2 Å². The van der Waals surface area contributed by atoms with Gasteiger partial charge in [-0.3, -0.25) is 13.9 Å². The Balaban J connectivity index is 1.50. The van der Waals surface area contributed by atoms with Crippen LogP contribution in [-0.4, -0.2) is 70.0 Å². The Morgan fingerprint density at radius 3 is 2.19 bits per heavy atom. The summed E-state index contributed by atoms with van der Waals surface area (Å²) in [7, 11) is -2.33. The summed E-state index contributed by atoms with van der Waals surface area (Å²) in [6.45, 7) is 2.21. The molecule has 230 valence electrons. The quantitative estimate of drug-likeness (QED) is 0.208. The van der Waals surface area contributed by atoms with Crippen LogP contribution in [0.3, 0.4) is 0 Å². The lowest BCUT2D eigenvalue weighted by Gasteiger charge is -2.29. The van der Waals surface area contributed by atoms with E-state index < -0.39 is 27.4 Å². The molecule has 1 aliphatic carbocycles. The molecular weight excluding hydrogens is 568 g/mol. The fraction of sp³-hybridized carbons (Fsp3) is 0.375. The fourth-order valence-electron chi connectivity index (χ4n) is 4.42. The van der Waals surface area contributed by atoms with E-state index in [4.69, 9.17) is 4.74 Å². The summed E-state index contributed by atoms with van der Waals surface area (Å²) >= 11 is 0. The van der Waals surface area contributed by atoms with Gasteiger partial charge in [-0.2, -0.15) is 0 Å². The molecule has 0 unspecified atom stereocenters. The third kappa shape index (κ3) is 9.62. The fourth-order valence-corrected chi connectivity index (χ4v) is 4.91. The van der Waals surface area contributed by atoms with Crippen LogP contribution in [-0.2, 0) is 21.4 Å². The number of ether oxygens (including phenoxy) is 1. The van der Waals surface area contributed by atoms with E-state index in [0.29, 0.717) is 12.6 Å². The van der Waals surface area contributed by atoms with Crippen LogP contribution in [0.4, 0.5) is 5.69 Å². The van der Waals surface area contributed by atoms with Crippen molar-refractivity contribution in [3.8, 4) is 0 Å². The van der Waals surface area contributed by atoms with E-state index in [9.17, 15) is 23.1 Å². The number of nitrogens with one attached hydrogen (secondary N) is 3. The summed E-state index contributed by atoms with van der Waals surface area (Å²) in [6, 6.07) is 23.2. The van der Waals surface area contributed by atoms with Gasteiger partial charge < -0.3 is 25.8 Å². The number of carbonyl (C=O) groups excluding carboxylic acids is 2. The maximum Gasteiger partial charge on any atom is 0.251 e. The molecule has 0 spiro atoms. The Hall–Kier alpha value is -3.77. The van der Waals surface area contributed by atoms with Crippen LogP contribution < -0.4 is 20.3 Å². The molecule has 43 heavy (non-hydrogen) atoms. The number of anilines is 1. The predicted molar refractivity (Wildman–Crippen MR) is 166 cm³/mol. The Kier molecular flexibility index (Phi) is 10.6. The van der Waals surface area contributed by atoms with Gasteiger partial charge in [0.1, 0.15) is 5.60 Å². The van der Waals surface area contributed by atoms with Crippen molar-refractivity contribution < 1.29 is 27.9 Å². The van der Waals surface area contributed by atoms with Crippen LogP contribution in [0.15, 0.2) is 78.9 Å². The third-order valence-corrected chi connectivity index (χ3v) is 8.51. The SMILES string of the molecule is C[C@@H](NC(=O)c1cc(C(=O)NC[C@@](O)(CNC2CC2)COCc2ccccc2)cc(N(C)S(C)(=O)=O)c1)c1ccccc1. The smallest absolute Gasteiger partial charge is 0.251 e. The number of sulfonamides is 1. The van der Waals surface area contributed by atoms with Crippen molar-refractivity contribution >= 4 is 27.5 Å². The molecule has 0 radical (unpaired) electrons. The van der Waals surface area contributed by atoms with Crippen molar-refractivity contribution in [2.24, 2.45) is 0 Å². The molecule has 3 aromatic rings. The van der Waals surface area contributed by atoms with Crippen molar-refractivity contribution in [1.82, 2.24) is 16.0 Å². The van der Waals surface area contributed by atoms with Crippen molar-refractivity contribution in [2.45, 2.75) is 44.1 Å². The van der Waals surface area contributed by atoms with Gasteiger partial charge in [0.2, 0.25) is 10.0 Å². The highest BCUT2D eigenvalue weighted by atomic mass is 32.2. The molecule has 1 saturated carbocycles. The van der Waals surface area contributed by atoms with Gasteiger partial charge in [0.15, 0.2) is 0 Å². The lowest BCUT2D eigenvalue weighted by Crippen LogP contribution is -2.53. The van der Waals surface area contributed by atoms with E-state index in [1.54, 1.807) is 0 Å². The predicted octanol–water partition coefficient (Wildman–Crippen LogP) is 3.00. The number of amides is 2. The minimum Gasteiger partial charge on any atom is -0.384 e. The minimum absolute atomic E-state index is 0.0240. The Labute approximate surface area is 253 Å². The monoisotopic (exact) mass is 608 g/mol. The van der Waals surface area contributed by atoms with E-state index in [2.05, 4.69) is 16.0 Å². The van der Waals surface area contributed by atoms with Gasteiger partial charge in [0, 0.05) is 30.8 Å². The van der Waals surface area contributed by atoms with Gasteiger partial charge in [0.05, 0.1) is 37.7 Å². The Morgan fingerprint density at radius 1 is 0.977 bits per heavy atom. The zero-order valence-electron chi connectivity index (χ0n) is 24.7. The van der Waals surface area contributed by atoms with Crippen LogP contribution in [0.2, 0.25) is 0 Å². The highest BCUT2D eigenvalue weighted by Gasteiger charge is 2.32. The first kappa shape index (κ1) is 32.2. The van der Waals surface area contributed by atoms with Crippen molar-refractivity contribution in [3.05, 3.63) is 101 Å². The second-order valence-electron chi connectivity index (χ2n) is 11.1. The molecule has 0 heterocycles. The molecule has 1 aliphatic rings. The summed E-state index contributed by atoms with van der Waals surface area (Å²) < 4.78 is 31.5. The molecule has 3 aromatic carbocycles. The molecule has 0 saturated heterocycles. The molecule has 1 fully saturated rings. The van der Waals surface area contributed by atoms with Gasteiger partial charge in [0.25, 0.3) is 11.8 Å². The molecule has 4 rings (SSSR count). The van der Waals surface area contributed by atoms with E-state index >= 15 is 0 Å². The molecule has 2 atom stereocenters. The molecule has 11 heteroatoms. The number of hydrogen-bond donors (Lipinski definition) is 4. The van der Waals surface area contributed by atoms with E-state index in [0.717, 1.165) is 34.5 Å². The largest absolute Gasteiger partial charge is 0.384 e. The lowest BCUT2D eigenvalue weighted by molar-refractivity contribution is -0.0482. The number of aliphatic hydroxyl groups is 1. The standard InChI is InChI=1S/C32H40N4O6S/c1-23(25-12-8-5-9-13-25)35-31(38)27-16-26(17-29(18-27)36(2)43(3,40)41)30(37)34-21-32(39,20-33-28-14-15-28)22-42-19-24-10-6-4-7-11-24/h4-13,16-18,23,28,33,39H,14-15,19-22H2,1-3H3,(H,34,37)(H,35,38)/t23-,32+/m1/s1. The van der Waals surface area contributed by atoms with Gasteiger partial charge in [-0.1, -0.05) is 60.7 Å². The Bertz CT molecular complexity index is 1500. The first-order valence-electron chi connectivity index (χ1n) is 14.2. The topological polar surface area (TPSA) is 137 Å². The molecule has 2 amide bonds. The number of hydrogen-bond acceptors (Lipinski definition) is 7. The summed E-state index contributed by atoms with van der Waals surface area (Å²) in [5.74, 6) is -1.03. The number of carbonyl (C=O) groups is 2. The molecule has 10 nitrogen and oxygen atoms in total. The van der Waals surface area contributed by atoms with Crippen LogP contribution in [0.25, 0.3) is 0 Å². The van der Waals surface area contributed by atoms with Gasteiger partial charge in [-0.25, -0.2) is 8.42 Å². The molecule has 4 N–H and O–H groups in total. The van der Waals surface area contributed by atoms with Crippen molar-refractivity contribution in [2.75, 3.05) is 37.3 Å². The Morgan fingerprint density at radius 2 is 1.58 bits per heavy atom. The van der Waals surface area contributed by atoms with Crippen LogP contribution >= 0.6 is 0 Å². The number of benzene rings is 3. The summed E-state index contributed by atoms with van der Waals surface area (Å²) in [5.41, 5.74) is 0.810. The minimum atomic E-state index is -3.68. The highest BCUT2D eigenvalue weighted by molar-refractivity contribution is 7.92. The molecule has 0 bridgehead atoms. The molecule has 0 aliphatic heterocycles. The van der Waals surface area contributed by atoms with Gasteiger partial charge >= 0.3 is 0 Å². The van der Waals surface area contributed by atoms with Gasteiger partial charge in [-0.05, 0) is 49.1 Å². The van der Waals surface area contributed by atoms with E-state index in [1.807, 2.05) is 67.6 Å². The van der Waals surface area contributed by atoms with Crippen LogP contribution in [0, 0.1) is 0 Å². The van der Waals surface area contributed by atoms with Crippen molar-refractivity contribution in [3.63, 3.8) is 0 Å². The second-order valence-corrected chi connectivity index (χ2v) is 13.2. The second kappa shape index (κ2) is 14.1. The average Bonchev–Trinajstić information content (AvgIpc) is 3.84. The van der Waals surface area contributed by atoms with Crippen LogP contribution in [0.1, 0.15) is 57.7 Å². The number of nitrogens with zero attached hydrogens (tertiary/aromatic N) is 1. The van der Waals surface area contributed by atoms with Crippen LogP contribution in [0.5, 0.6) is 0 Å². The molecule has 0 aromatic heterocycles. The lowest BCUT2D eigenvalue weighted by atomic mass is 10.0. The highest BCUT2D eigenvalue weighted by Crippen LogP contribution is 2.23. The zero-order valence-corrected chi connectivity index (χ0v) is 25.6. The van der Waals surface area contributed by atoms with Gasteiger partial charge in [-0.15, -0.1) is 0 Å². The third-order valence-electron chi connectivity index (χ3n) is 7.31. The number of rotatable bonds is 15. The summed E-state index contributed by atoms with van der Waals surface area (Å²) in [6.07, 6.45) is 3.10. The zero-order chi connectivity index (χ0) is 31.0. The normalized spacial score (nSPS) is 15.3. The van der Waals surface area contributed by atoms with E-state index in [-0.39, 0.29) is 42.6 Å². The van der Waals surface area contributed by atoms with Crippen molar-refractivity contribution in [1.29, 1.82) is 0 Å². The first-order valence-corrected chi connectivity index (χ1v) is 16.1. The average molecular weight is 609 g/mol. The maximum atomic E-state index is 13.4. The summed E-state index contributed by atoms with van der Waals surface area (Å²) in [4.78, 5) is 26.7. The summed E-state index contributed by atoms with van der Waals surface area (Å²) in [5, 5.41) is 20.4. The maximum absolute atomic E-state index is 13.4. The first-order chi connectivity index (χ1) is 20.4. The molecular formula is C32H40N4O6S.